The third kappa shape index (κ3) is 11.0. The minimum Gasteiger partial charge on any atom is -0.461 e. The van der Waals surface area contributed by atoms with Crippen LogP contribution < -0.4 is 11.1 Å². The minimum atomic E-state index is -0.943. The third-order valence-corrected chi connectivity index (χ3v) is 7.51. The second kappa shape index (κ2) is 15.6. The zero-order valence-corrected chi connectivity index (χ0v) is 22.9. The smallest absolute Gasteiger partial charge is 0.329 e. The van der Waals surface area contributed by atoms with Crippen molar-refractivity contribution < 1.29 is 18.7 Å². The molecule has 0 heterocycles. The molecule has 0 aliphatic rings. The van der Waals surface area contributed by atoms with Gasteiger partial charge < -0.3 is 15.8 Å². The number of esters is 1. The lowest BCUT2D eigenvalue weighted by Gasteiger charge is -2.21. The summed E-state index contributed by atoms with van der Waals surface area (Å²) in [6.07, 6.45) is 0.104. The molecule has 2 rings (SSSR count). The molecule has 0 spiro atoms. The van der Waals surface area contributed by atoms with Crippen molar-refractivity contribution in [2.45, 2.75) is 54.7 Å². The quantitative estimate of drug-likeness (QED) is 0.191. The van der Waals surface area contributed by atoms with Crippen molar-refractivity contribution in [2.75, 3.05) is 23.3 Å². The molecule has 0 bridgehead atoms. The standard InChI is InChI=1S/C25H31Cl2FN2O3S2/c1-16(2)33-25(32)23(14-17-3-5-19(28)6-4-17)30-24(31)22(29)13-18-11-20(34-9-7-26)15-21(12-18)35-10-8-27/h3-6,11-12,15-16,22-23H,7-10,13-14,29H2,1-2H3,(H,30,31)/t22-,23-/m0/s1. The van der Waals surface area contributed by atoms with Crippen LogP contribution in [0.25, 0.3) is 0 Å². The first kappa shape index (κ1) is 29.8. The molecule has 1 amide bonds. The Morgan fingerprint density at radius 1 is 0.971 bits per heavy atom. The number of hydrogen-bond acceptors (Lipinski definition) is 6. The number of nitrogens with one attached hydrogen (secondary N) is 1. The molecule has 3 N–H and O–H groups in total. The second-order valence-electron chi connectivity index (χ2n) is 8.08. The number of alkyl halides is 2. The van der Waals surface area contributed by atoms with Crippen LogP contribution in [0.5, 0.6) is 0 Å². The van der Waals surface area contributed by atoms with Crippen LogP contribution in [0.4, 0.5) is 4.39 Å². The van der Waals surface area contributed by atoms with Gasteiger partial charge in [0, 0.05) is 39.5 Å². The highest BCUT2D eigenvalue weighted by Crippen LogP contribution is 2.28. The topological polar surface area (TPSA) is 81.4 Å². The molecular formula is C25H31Cl2FN2O3S2. The van der Waals surface area contributed by atoms with Gasteiger partial charge in [0.1, 0.15) is 11.9 Å². The number of ether oxygens (including phenoxy) is 1. The zero-order chi connectivity index (χ0) is 25.8. The van der Waals surface area contributed by atoms with Crippen LogP contribution in [0, 0.1) is 5.82 Å². The van der Waals surface area contributed by atoms with Crippen molar-refractivity contribution in [1.82, 2.24) is 5.32 Å². The number of hydrogen-bond donors (Lipinski definition) is 2. The number of halogens is 3. The Kier molecular flexibility index (Phi) is 13.3. The van der Waals surface area contributed by atoms with Crippen molar-refractivity contribution >= 4 is 58.6 Å². The van der Waals surface area contributed by atoms with Crippen molar-refractivity contribution in [1.29, 1.82) is 0 Å². The molecule has 5 nitrogen and oxygen atoms in total. The van der Waals surface area contributed by atoms with Crippen molar-refractivity contribution in [3.8, 4) is 0 Å². The predicted octanol–water partition coefficient (Wildman–Crippen LogP) is 5.04. The van der Waals surface area contributed by atoms with Gasteiger partial charge in [0.05, 0.1) is 12.1 Å². The lowest BCUT2D eigenvalue weighted by Crippen LogP contribution is -2.50. The van der Waals surface area contributed by atoms with Gasteiger partial charge >= 0.3 is 5.97 Å². The van der Waals surface area contributed by atoms with Crippen LogP contribution in [-0.2, 0) is 27.2 Å². The zero-order valence-electron chi connectivity index (χ0n) is 19.8. The highest BCUT2D eigenvalue weighted by Gasteiger charge is 2.26. The molecule has 0 saturated heterocycles. The maximum absolute atomic E-state index is 13.3. The number of thioether (sulfide) groups is 2. The maximum Gasteiger partial charge on any atom is 0.329 e. The first-order chi connectivity index (χ1) is 16.7. The molecule has 192 valence electrons. The summed E-state index contributed by atoms with van der Waals surface area (Å²) < 4.78 is 18.6. The Morgan fingerprint density at radius 2 is 1.54 bits per heavy atom. The van der Waals surface area contributed by atoms with Crippen LogP contribution in [0.1, 0.15) is 25.0 Å². The fraction of sp³-hybridized carbons (Fsp3) is 0.440. The van der Waals surface area contributed by atoms with Crippen LogP contribution >= 0.6 is 46.7 Å². The van der Waals surface area contributed by atoms with E-state index in [2.05, 4.69) is 11.4 Å². The fourth-order valence-corrected chi connectivity index (χ4v) is 5.27. The van der Waals surface area contributed by atoms with Gasteiger partial charge in [-0.05, 0) is 61.7 Å². The summed E-state index contributed by atoms with van der Waals surface area (Å²) in [5, 5.41) is 2.73. The van der Waals surface area contributed by atoms with Gasteiger partial charge in [-0.2, -0.15) is 0 Å². The Balaban J connectivity index is 2.13. The van der Waals surface area contributed by atoms with Crippen molar-refractivity contribution in [3.63, 3.8) is 0 Å². The highest BCUT2D eigenvalue weighted by molar-refractivity contribution is 8.00. The third-order valence-electron chi connectivity index (χ3n) is 4.73. The van der Waals surface area contributed by atoms with Crippen LogP contribution in [-0.4, -0.2) is 53.3 Å². The molecule has 2 aromatic rings. The number of rotatable bonds is 14. The molecule has 0 aliphatic carbocycles. The van der Waals surface area contributed by atoms with Gasteiger partial charge in [-0.3, -0.25) is 4.79 Å². The van der Waals surface area contributed by atoms with Gasteiger partial charge in [0.15, 0.2) is 0 Å². The van der Waals surface area contributed by atoms with Gasteiger partial charge in [0.2, 0.25) is 5.91 Å². The highest BCUT2D eigenvalue weighted by atomic mass is 35.5. The lowest BCUT2D eigenvalue weighted by molar-refractivity contribution is -0.151. The summed E-state index contributed by atoms with van der Waals surface area (Å²) in [6, 6.07) is 10.0. The first-order valence-corrected chi connectivity index (χ1v) is 14.3. The monoisotopic (exact) mass is 560 g/mol. The molecule has 0 radical (unpaired) electrons. The number of amides is 1. The van der Waals surface area contributed by atoms with Gasteiger partial charge in [-0.1, -0.05) is 12.1 Å². The Labute approximate surface area is 225 Å². The van der Waals surface area contributed by atoms with Crippen molar-refractivity contribution in [3.05, 3.63) is 59.4 Å². The largest absolute Gasteiger partial charge is 0.461 e. The van der Waals surface area contributed by atoms with Gasteiger partial charge in [0.25, 0.3) is 0 Å². The summed E-state index contributed by atoms with van der Waals surface area (Å²) in [4.78, 5) is 27.7. The van der Waals surface area contributed by atoms with E-state index in [1.807, 2.05) is 12.1 Å². The molecule has 0 saturated carbocycles. The van der Waals surface area contributed by atoms with E-state index in [1.54, 1.807) is 49.5 Å². The number of carbonyl (C=O) groups excluding carboxylic acids is 2. The van der Waals surface area contributed by atoms with E-state index >= 15 is 0 Å². The van der Waals surface area contributed by atoms with E-state index < -0.39 is 24.0 Å². The summed E-state index contributed by atoms with van der Waals surface area (Å²) in [5.74, 6) is 1.18. The summed E-state index contributed by atoms with van der Waals surface area (Å²) in [7, 11) is 0. The summed E-state index contributed by atoms with van der Waals surface area (Å²) in [6.45, 7) is 3.46. The minimum absolute atomic E-state index is 0.161. The Bertz CT molecular complexity index is 938. The SMILES string of the molecule is CC(C)OC(=O)[C@H](Cc1ccc(F)cc1)NC(=O)[C@@H](N)Cc1cc(SCCCl)cc(SCCCl)c1. The summed E-state index contributed by atoms with van der Waals surface area (Å²) >= 11 is 14.9. The average Bonchev–Trinajstić information content (AvgIpc) is 2.81. The Hall–Kier alpha value is -1.45. The average molecular weight is 562 g/mol. The number of benzene rings is 2. The van der Waals surface area contributed by atoms with E-state index in [0.717, 1.165) is 26.9 Å². The maximum atomic E-state index is 13.3. The van der Waals surface area contributed by atoms with Gasteiger partial charge in [-0.15, -0.1) is 46.7 Å². The summed E-state index contributed by atoms with van der Waals surface area (Å²) in [5.41, 5.74) is 7.84. The van der Waals surface area contributed by atoms with E-state index in [1.165, 1.54) is 12.1 Å². The predicted molar refractivity (Wildman–Crippen MR) is 144 cm³/mol. The molecule has 10 heteroatoms. The lowest BCUT2D eigenvalue weighted by atomic mass is 10.0. The molecule has 2 aromatic carbocycles. The molecule has 0 fully saturated rings. The van der Waals surface area contributed by atoms with E-state index in [4.69, 9.17) is 33.7 Å². The van der Waals surface area contributed by atoms with Crippen LogP contribution in [0.2, 0.25) is 0 Å². The van der Waals surface area contributed by atoms with E-state index in [0.29, 0.717) is 17.3 Å². The van der Waals surface area contributed by atoms with Crippen molar-refractivity contribution in [2.24, 2.45) is 5.73 Å². The fourth-order valence-electron chi connectivity index (χ4n) is 3.22. The van der Waals surface area contributed by atoms with Gasteiger partial charge in [-0.25, -0.2) is 9.18 Å². The van der Waals surface area contributed by atoms with Crippen LogP contribution in [0.3, 0.4) is 0 Å². The van der Waals surface area contributed by atoms with Crippen LogP contribution in [0.15, 0.2) is 52.3 Å². The second-order valence-corrected chi connectivity index (χ2v) is 11.2. The molecule has 0 aliphatic heterocycles. The normalized spacial score (nSPS) is 12.9. The number of carbonyl (C=O) groups is 2. The molecule has 0 unspecified atom stereocenters. The van der Waals surface area contributed by atoms with E-state index in [-0.39, 0.29) is 24.8 Å². The molecule has 0 aromatic heterocycles. The van der Waals surface area contributed by atoms with E-state index in [9.17, 15) is 14.0 Å². The Morgan fingerprint density at radius 3 is 2.06 bits per heavy atom. The molecule has 35 heavy (non-hydrogen) atoms. The molecule has 2 atom stereocenters. The molecular weight excluding hydrogens is 530 g/mol. The number of nitrogens with two attached hydrogens (primary N) is 1. The first-order valence-electron chi connectivity index (χ1n) is 11.2.